The monoisotopic (exact) mass is 315 g/mol. The Bertz CT molecular complexity index is 615. The maximum Gasteiger partial charge on any atom is 0.259 e. The Morgan fingerprint density at radius 2 is 2.35 bits per heavy atom. The van der Waals surface area contributed by atoms with Crippen molar-refractivity contribution in [2.24, 2.45) is 11.0 Å². The number of allylic oxidation sites excluding steroid dienone is 2. The first kappa shape index (κ1) is 16.7. The summed E-state index contributed by atoms with van der Waals surface area (Å²) in [6, 6.07) is 3.46. The highest BCUT2D eigenvalue weighted by Crippen LogP contribution is 2.21. The maximum atomic E-state index is 11.6. The molecule has 0 aromatic carbocycles. The number of hydrazone groups is 1. The molecule has 1 heterocycles. The first-order valence-corrected chi connectivity index (χ1v) is 7.60. The highest BCUT2D eigenvalue weighted by atomic mass is 16.3. The van der Waals surface area contributed by atoms with Crippen molar-refractivity contribution in [2.45, 2.75) is 26.2 Å². The van der Waals surface area contributed by atoms with Crippen LogP contribution in [0.4, 0.5) is 0 Å². The Morgan fingerprint density at radius 1 is 1.48 bits per heavy atom. The van der Waals surface area contributed by atoms with Gasteiger partial charge in [0.15, 0.2) is 0 Å². The van der Waals surface area contributed by atoms with Crippen LogP contribution in [0.15, 0.2) is 45.6 Å². The number of carbonyl (C=O) groups excluding carboxylic acids is 2. The van der Waals surface area contributed by atoms with E-state index in [1.54, 1.807) is 18.3 Å². The van der Waals surface area contributed by atoms with E-state index in [4.69, 9.17) is 4.42 Å². The average molecular weight is 315 g/mol. The molecule has 1 aromatic heterocycles. The van der Waals surface area contributed by atoms with Gasteiger partial charge in [-0.15, -0.1) is 0 Å². The van der Waals surface area contributed by atoms with E-state index < -0.39 is 0 Å². The summed E-state index contributed by atoms with van der Waals surface area (Å²) in [5.41, 5.74) is 3.83. The summed E-state index contributed by atoms with van der Waals surface area (Å²) in [6.07, 6.45) is 11.4. The van der Waals surface area contributed by atoms with Gasteiger partial charge in [-0.05, 0) is 50.3 Å². The highest BCUT2D eigenvalue weighted by Gasteiger charge is 2.10. The summed E-state index contributed by atoms with van der Waals surface area (Å²) in [5.74, 6) is 0.216. The molecule has 23 heavy (non-hydrogen) atoms. The molecule has 0 saturated heterocycles. The maximum absolute atomic E-state index is 11.6. The smallest absolute Gasteiger partial charge is 0.259 e. The Labute approximate surface area is 135 Å². The number of hydrogen-bond acceptors (Lipinski definition) is 4. The van der Waals surface area contributed by atoms with Crippen LogP contribution in [0.3, 0.4) is 0 Å². The zero-order valence-electron chi connectivity index (χ0n) is 13.1. The lowest BCUT2D eigenvalue weighted by Gasteiger charge is -2.15. The molecule has 1 aliphatic carbocycles. The van der Waals surface area contributed by atoms with Gasteiger partial charge in [0.1, 0.15) is 5.76 Å². The van der Waals surface area contributed by atoms with Crippen LogP contribution in [0.1, 0.15) is 31.9 Å². The molecule has 2 N–H and O–H groups in total. The molecule has 1 aromatic rings. The van der Waals surface area contributed by atoms with E-state index in [1.165, 1.54) is 24.0 Å². The van der Waals surface area contributed by atoms with Gasteiger partial charge in [-0.25, -0.2) is 5.43 Å². The number of amides is 2. The molecule has 1 aliphatic rings. The minimum absolute atomic E-state index is 0.123. The van der Waals surface area contributed by atoms with Crippen molar-refractivity contribution in [3.8, 4) is 0 Å². The van der Waals surface area contributed by atoms with Crippen molar-refractivity contribution >= 4 is 24.1 Å². The number of nitrogens with one attached hydrogen (secondary N) is 2. The van der Waals surface area contributed by atoms with Crippen LogP contribution in [-0.4, -0.2) is 24.6 Å². The van der Waals surface area contributed by atoms with Gasteiger partial charge < -0.3 is 9.73 Å². The van der Waals surface area contributed by atoms with Gasteiger partial charge in [-0.2, -0.15) is 5.10 Å². The Balaban J connectivity index is 1.64. The van der Waals surface area contributed by atoms with Crippen molar-refractivity contribution < 1.29 is 14.0 Å². The molecular formula is C17H21N3O3. The van der Waals surface area contributed by atoms with Crippen LogP contribution >= 0.6 is 0 Å². The summed E-state index contributed by atoms with van der Waals surface area (Å²) in [6.45, 7) is 2.00. The van der Waals surface area contributed by atoms with Gasteiger partial charge in [-0.1, -0.05) is 11.6 Å². The summed E-state index contributed by atoms with van der Waals surface area (Å²) >= 11 is 0. The lowest BCUT2D eigenvalue weighted by molar-refractivity contribution is -0.123. The molecule has 2 rings (SSSR count). The predicted octanol–water partition coefficient (Wildman–Crippen LogP) is 2.26. The second-order valence-electron chi connectivity index (χ2n) is 5.46. The van der Waals surface area contributed by atoms with E-state index in [2.05, 4.69) is 28.8 Å². The molecule has 0 aliphatic heterocycles. The average Bonchev–Trinajstić information content (AvgIpc) is 3.06. The van der Waals surface area contributed by atoms with Crippen molar-refractivity contribution in [2.75, 3.05) is 6.54 Å². The fraction of sp³-hybridized carbons (Fsp3) is 0.353. The summed E-state index contributed by atoms with van der Waals surface area (Å²) in [7, 11) is 0. The normalized spacial score (nSPS) is 18.1. The molecule has 0 saturated carbocycles. The van der Waals surface area contributed by atoms with Crippen LogP contribution < -0.4 is 10.7 Å². The van der Waals surface area contributed by atoms with Crippen LogP contribution in [0, 0.1) is 5.92 Å². The van der Waals surface area contributed by atoms with Gasteiger partial charge in [0.05, 0.1) is 12.8 Å². The Hall–Kier alpha value is -2.63. The third-order valence-corrected chi connectivity index (χ3v) is 3.52. The Morgan fingerprint density at radius 3 is 3.04 bits per heavy atom. The summed E-state index contributed by atoms with van der Waals surface area (Å²) in [5, 5.41) is 6.42. The van der Waals surface area contributed by atoms with Crippen LogP contribution in [-0.2, 0) is 9.59 Å². The topological polar surface area (TPSA) is 83.7 Å². The predicted molar refractivity (Wildman–Crippen MR) is 88.5 cm³/mol. The summed E-state index contributed by atoms with van der Waals surface area (Å²) in [4.78, 5) is 23.1. The molecule has 0 radical (unpaired) electrons. The molecule has 2 amide bonds. The molecule has 0 spiro atoms. The lowest BCUT2D eigenvalue weighted by Crippen LogP contribution is -2.34. The fourth-order valence-electron chi connectivity index (χ4n) is 2.15. The summed E-state index contributed by atoms with van der Waals surface area (Å²) < 4.78 is 5.06. The van der Waals surface area contributed by atoms with E-state index in [0.29, 0.717) is 11.7 Å². The molecular weight excluding hydrogens is 294 g/mol. The van der Waals surface area contributed by atoms with Gasteiger partial charge in [0.25, 0.3) is 5.91 Å². The number of carbonyl (C=O) groups is 2. The lowest BCUT2D eigenvalue weighted by atomic mass is 9.91. The van der Waals surface area contributed by atoms with Crippen molar-refractivity contribution in [1.82, 2.24) is 10.7 Å². The second kappa shape index (κ2) is 8.73. The van der Waals surface area contributed by atoms with Crippen LogP contribution in [0.25, 0.3) is 6.08 Å². The molecule has 122 valence electrons. The van der Waals surface area contributed by atoms with Crippen LogP contribution in [0.5, 0.6) is 0 Å². The van der Waals surface area contributed by atoms with E-state index in [0.717, 1.165) is 19.3 Å². The SMILES string of the molecule is CC1=CCC(C=NNC(=O)CNC(=O)C=Cc2ccco2)CC1. The standard InChI is InChI=1S/C17H21N3O3/c1-13-4-6-14(7-5-13)11-19-20-17(22)12-18-16(21)9-8-15-3-2-10-23-15/h2-4,8-11,14H,5-7,12H2,1H3,(H,18,21)(H,20,22). The Kier molecular flexibility index (Phi) is 6.35. The van der Waals surface area contributed by atoms with Gasteiger partial charge in [0.2, 0.25) is 5.91 Å². The molecule has 1 atom stereocenters. The van der Waals surface area contributed by atoms with Gasteiger partial charge in [-0.3, -0.25) is 9.59 Å². The van der Waals surface area contributed by atoms with Gasteiger partial charge in [0, 0.05) is 12.3 Å². The third kappa shape index (κ3) is 6.34. The van der Waals surface area contributed by atoms with Crippen LogP contribution in [0.2, 0.25) is 0 Å². The van der Waals surface area contributed by atoms with Crippen molar-refractivity contribution in [3.63, 3.8) is 0 Å². The number of furan rings is 1. The number of hydrogen-bond donors (Lipinski definition) is 2. The van der Waals surface area contributed by atoms with Gasteiger partial charge >= 0.3 is 0 Å². The van der Waals surface area contributed by atoms with Crippen molar-refractivity contribution in [1.29, 1.82) is 0 Å². The third-order valence-electron chi connectivity index (χ3n) is 3.52. The molecule has 1 unspecified atom stereocenters. The minimum atomic E-state index is -0.367. The quantitative estimate of drug-likeness (QED) is 0.365. The highest BCUT2D eigenvalue weighted by molar-refractivity contribution is 5.94. The minimum Gasteiger partial charge on any atom is -0.465 e. The largest absolute Gasteiger partial charge is 0.465 e. The zero-order chi connectivity index (χ0) is 16.5. The molecule has 6 heteroatoms. The second-order valence-corrected chi connectivity index (χ2v) is 5.46. The number of nitrogens with zero attached hydrogens (tertiary/aromatic N) is 1. The molecule has 6 nitrogen and oxygen atoms in total. The van der Waals surface area contributed by atoms with E-state index in [1.807, 2.05) is 0 Å². The first-order chi connectivity index (χ1) is 11.1. The van der Waals surface area contributed by atoms with E-state index in [9.17, 15) is 9.59 Å². The van der Waals surface area contributed by atoms with E-state index >= 15 is 0 Å². The zero-order valence-corrected chi connectivity index (χ0v) is 13.1. The van der Waals surface area contributed by atoms with Crippen molar-refractivity contribution in [3.05, 3.63) is 41.9 Å². The molecule has 0 bridgehead atoms. The first-order valence-electron chi connectivity index (χ1n) is 7.60. The number of rotatable bonds is 6. The molecule has 0 fully saturated rings. The van der Waals surface area contributed by atoms with E-state index in [-0.39, 0.29) is 18.4 Å². The fourth-order valence-corrected chi connectivity index (χ4v) is 2.15.